The molecule has 1 aromatic carbocycles. The second-order valence-corrected chi connectivity index (χ2v) is 4.70. The number of rotatable bonds is 2. The molecular weight excluding hydrogens is 256 g/mol. The maximum atomic E-state index is 5.65. The van der Waals surface area contributed by atoms with Crippen LogP contribution in [-0.2, 0) is 0 Å². The largest absolute Gasteiger partial charge is 0.493 e. The Morgan fingerprint density at radius 3 is 3.00 bits per heavy atom. The lowest BCUT2D eigenvalue weighted by Crippen LogP contribution is -2.16. The topological polar surface area (TPSA) is 61.3 Å². The fourth-order valence-corrected chi connectivity index (χ4v) is 2.49. The van der Waals surface area contributed by atoms with Crippen LogP contribution in [0.1, 0.15) is 23.7 Å². The predicted octanol–water partition coefficient (Wildman–Crippen LogP) is 3.24. The zero-order valence-corrected chi connectivity index (χ0v) is 10.7. The summed E-state index contributed by atoms with van der Waals surface area (Å²) in [5.74, 6) is 2.19. The number of hydrogen-bond donors (Lipinski definition) is 0. The molecule has 3 heterocycles. The average Bonchev–Trinajstić information content (AvgIpc) is 3.17. The molecule has 5 nitrogen and oxygen atoms in total. The van der Waals surface area contributed by atoms with Crippen molar-refractivity contribution in [3.05, 3.63) is 54.2 Å². The van der Waals surface area contributed by atoms with Crippen molar-refractivity contribution in [3.8, 4) is 17.2 Å². The third-order valence-electron chi connectivity index (χ3n) is 3.48. The van der Waals surface area contributed by atoms with Crippen LogP contribution in [0.4, 0.5) is 0 Å². The minimum atomic E-state index is 0.115. The maximum absolute atomic E-state index is 5.65. The third-order valence-corrected chi connectivity index (χ3v) is 3.48. The maximum Gasteiger partial charge on any atom is 0.261 e. The second-order valence-electron chi connectivity index (χ2n) is 4.70. The summed E-state index contributed by atoms with van der Waals surface area (Å²) in [5, 5.41) is 4.11. The molecule has 1 aliphatic rings. The van der Waals surface area contributed by atoms with E-state index >= 15 is 0 Å². The first-order valence-electron chi connectivity index (χ1n) is 6.50. The van der Waals surface area contributed by atoms with Crippen molar-refractivity contribution in [1.82, 2.24) is 10.1 Å². The molecule has 1 unspecified atom stereocenters. The van der Waals surface area contributed by atoms with Gasteiger partial charge in [0.25, 0.3) is 5.89 Å². The summed E-state index contributed by atoms with van der Waals surface area (Å²) >= 11 is 0. The molecule has 2 aromatic heterocycles. The summed E-state index contributed by atoms with van der Waals surface area (Å²) in [7, 11) is 0. The van der Waals surface area contributed by atoms with Crippen LogP contribution < -0.4 is 4.74 Å². The fraction of sp³-hybridized carbons (Fsp3) is 0.200. The van der Waals surface area contributed by atoms with Gasteiger partial charge in [0.2, 0.25) is 0 Å². The lowest BCUT2D eigenvalue weighted by molar-refractivity contribution is 0.272. The van der Waals surface area contributed by atoms with Crippen molar-refractivity contribution >= 4 is 0 Å². The molecule has 1 aliphatic heterocycles. The normalized spacial score (nSPS) is 17.5. The highest BCUT2D eigenvalue weighted by Crippen LogP contribution is 2.37. The Balaban J connectivity index is 1.72. The van der Waals surface area contributed by atoms with E-state index in [2.05, 4.69) is 10.1 Å². The SMILES string of the molecule is c1ccc2c(c1)OCCC2c1noc(-c2ccoc2)n1. The standard InChI is InChI=1S/C15H12N2O3/c1-2-4-13-11(3-1)12(6-8-19-13)14-16-15(20-17-14)10-5-7-18-9-10/h1-5,7,9,12H,6,8H2. The molecule has 0 amide bonds. The Kier molecular flexibility index (Phi) is 2.55. The van der Waals surface area contributed by atoms with E-state index in [1.807, 2.05) is 24.3 Å². The Labute approximate surface area is 115 Å². The van der Waals surface area contributed by atoms with Crippen molar-refractivity contribution in [2.24, 2.45) is 0 Å². The zero-order valence-electron chi connectivity index (χ0n) is 10.7. The highest BCUT2D eigenvalue weighted by molar-refractivity contribution is 5.50. The number of nitrogens with zero attached hydrogens (tertiary/aromatic N) is 2. The van der Waals surface area contributed by atoms with Gasteiger partial charge in [0, 0.05) is 5.56 Å². The van der Waals surface area contributed by atoms with Crippen LogP contribution in [-0.4, -0.2) is 16.7 Å². The molecule has 0 spiro atoms. The monoisotopic (exact) mass is 268 g/mol. The van der Waals surface area contributed by atoms with E-state index in [4.69, 9.17) is 13.7 Å². The van der Waals surface area contributed by atoms with Crippen LogP contribution in [0.3, 0.4) is 0 Å². The Hall–Kier alpha value is -2.56. The summed E-state index contributed by atoms with van der Waals surface area (Å²) in [5.41, 5.74) is 1.90. The Morgan fingerprint density at radius 2 is 2.10 bits per heavy atom. The molecule has 3 aromatic rings. The number of para-hydroxylation sites is 1. The van der Waals surface area contributed by atoms with E-state index in [-0.39, 0.29) is 5.92 Å². The zero-order chi connectivity index (χ0) is 13.4. The van der Waals surface area contributed by atoms with Gasteiger partial charge in [-0.3, -0.25) is 0 Å². The number of aromatic nitrogens is 2. The van der Waals surface area contributed by atoms with Gasteiger partial charge in [-0.15, -0.1) is 0 Å². The predicted molar refractivity (Wildman–Crippen MR) is 70.4 cm³/mol. The van der Waals surface area contributed by atoms with Crippen LogP contribution in [0.5, 0.6) is 5.75 Å². The van der Waals surface area contributed by atoms with Crippen LogP contribution >= 0.6 is 0 Å². The van der Waals surface area contributed by atoms with Gasteiger partial charge in [-0.2, -0.15) is 4.98 Å². The van der Waals surface area contributed by atoms with Crippen LogP contribution in [0, 0.1) is 0 Å². The van der Waals surface area contributed by atoms with Gasteiger partial charge in [0.05, 0.1) is 24.4 Å². The van der Waals surface area contributed by atoms with E-state index in [1.165, 1.54) is 0 Å². The number of hydrogen-bond acceptors (Lipinski definition) is 5. The summed E-state index contributed by atoms with van der Waals surface area (Å²) in [6, 6.07) is 9.78. The van der Waals surface area contributed by atoms with Crippen molar-refractivity contribution < 1.29 is 13.7 Å². The molecule has 0 bridgehead atoms. The van der Waals surface area contributed by atoms with Crippen LogP contribution in [0.15, 0.2) is 51.8 Å². The quantitative estimate of drug-likeness (QED) is 0.714. The molecule has 0 radical (unpaired) electrons. The Morgan fingerprint density at radius 1 is 1.15 bits per heavy atom. The molecule has 0 N–H and O–H groups in total. The first-order valence-corrected chi connectivity index (χ1v) is 6.50. The summed E-state index contributed by atoms with van der Waals surface area (Å²) in [6.45, 7) is 0.664. The molecule has 0 saturated carbocycles. The molecular formula is C15H12N2O3. The molecule has 1 atom stereocenters. The molecule has 0 fully saturated rings. The minimum absolute atomic E-state index is 0.115. The number of furan rings is 1. The van der Waals surface area contributed by atoms with Crippen LogP contribution in [0.25, 0.3) is 11.5 Å². The first-order chi connectivity index (χ1) is 9.92. The van der Waals surface area contributed by atoms with E-state index in [0.717, 1.165) is 23.3 Å². The smallest absolute Gasteiger partial charge is 0.261 e. The second kappa shape index (κ2) is 4.52. The van der Waals surface area contributed by atoms with E-state index in [9.17, 15) is 0 Å². The number of benzene rings is 1. The van der Waals surface area contributed by atoms with Gasteiger partial charge in [0.1, 0.15) is 12.0 Å². The molecule has 100 valence electrons. The molecule has 0 aliphatic carbocycles. The van der Waals surface area contributed by atoms with Crippen LogP contribution in [0.2, 0.25) is 0 Å². The van der Waals surface area contributed by atoms with Crippen molar-refractivity contribution in [3.63, 3.8) is 0 Å². The van der Waals surface area contributed by atoms with Gasteiger partial charge in [-0.1, -0.05) is 23.4 Å². The minimum Gasteiger partial charge on any atom is -0.493 e. The van der Waals surface area contributed by atoms with Gasteiger partial charge in [-0.25, -0.2) is 0 Å². The van der Waals surface area contributed by atoms with Gasteiger partial charge in [0.15, 0.2) is 5.82 Å². The lowest BCUT2D eigenvalue weighted by atomic mass is 9.92. The van der Waals surface area contributed by atoms with Gasteiger partial charge < -0.3 is 13.7 Å². The molecule has 5 heteroatoms. The summed E-state index contributed by atoms with van der Waals surface area (Å²) < 4.78 is 16.0. The highest BCUT2D eigenvalue weighted by atomic mass is 16.5. The van der Waals surface area contributed by atoms with Crippen molar-refractivity contribution in [2.75, 3.05) is 6.61 Å². The fourth-order valence-electron chi connectivity index (χ4n) is 2.49. The average molecular weight is 268 g/mol. The first kappa shape index (κ1) is 11.3. The summed E-state index contributed by atoms with van der Waals surface area (Å²) in [4.78, 5) is 4.48. The molecule has 20 heavy (non-hydrogen) atoms. The van der Waals surface area contributed by atoms with E-state index in [1.54, 1.807) is 18.6 Å². The molecule has 4 rings (SSSR count). The van der Waals surface area contributed by atoms with E-state index < -0.39 is 0 Å². The highest BCUT2D eigenvalue weighted by Gasteiger charge is 2.27. The number of fused-ring (bicyclic) bond motifs is 1. The summed E-state index contributed by atoms with van der Waals surface area (Å²) in [6.07, 6.45) is 4.03. The van der Waals surface area contributed by atoms with Crippen molar-refractivity contribution in [1.29, 1.82) is 0 Å². The lowest BCUT2D eigenvalue weighted by Gasteiger charge is -2.23. The Bertz CT molecular complexity index is 718. The van der Waals surface area contributed by atoms with Crippen molar-refractivity contribution in [2.45, 2.75) is 12.3 Å². The van der Waals surface area contributed by atoms with Gasteiger partial charge in [-0.05, 0) is 18.6 Å². The third kappa shape index (κ3) is 1.79. The molecule has 0 saturated heterocycles. The van der Waals surface area contributed by atoms with E-state index in [0.29, 0.717) is 18.3 Å². The number of ether oxygens (including phenoxy) is 1. The van der Waals surface area contributed by atoms with Gasteiger partial charge >= 0.3 is 0 Å².